The minimum atomic E-state index is -0.461. The van der Waals surface area contributed by atoms with E-state index in [1.165, 1.54) is 5.56 Å². The number of aromatic nitrogens is 2. The third-order valence-corrected chi connectivity index (χ3v) is 4.51. The van der Waals surface area contributed by atoms with Gasteiger partial charge >= 0.3 is 0 Å². The van der Waals surface area contributed by atoms with Crippen LogP contribution in [0, 0.1) is 6.92 Å². The molecule has 1 aromatic carbocycles. The van der Waals surface area contributed by atoms with Crippen molar-refractivity contribution in [3.63, 3.8) is 0 Å². The summed E-state index contributed by atoms with van der Waals surface area (Å²) in [5.41, 5.74) is 3.25. The lowest BCUT2D eigenvalue weighted by atomic mass is 10.0. The van der Waals surface area contributed by atoms with Crippen molar-refractivity contribution in [1.82, 2.24) is 14.7 Å². The van der Waals surface area contributed by atoms with Crippen LogP contribution >= 0.6 is 0 Å². The number of benzene rings is 1. The number of aliphatic hydroxyl groups is 1. The van der Waals surface area contributed by atoms with E-state index in [0.717, 1.165) is 11.1 Å². The predicted octanol–water partition coefficient (Wildman–Crippen LogP) is 1.48. The maximum absolute atomic E-state index is 12.6. The first-order valence-corrected chi connectivity index (χ1v) is 8.03. The molecule has 3 rings (SSSR count). The van der Waals surface area contributed by atoms with Crippen molar-refractivity contribution >= 4 is 5.91 Å². The van der Waals surface area contributed by atoms with Gasteiger partial charge in [-0.3, -0.25) is 9.48 Å². The Balaban J connectivity index is 1.69. The molecule has 5 heteroatoms. The molecule has 5 nitrogen and oxygen atoms in total. The average molecular weight is 313 g/mol. The van der Waals surface area contributed by atoms with Gasteiger partial charge < -0.3 is 10.0 Å². The van der Waals surface area contributed by atoms with E-state index < -0.39 is 6.10 Å². The van der Waals surface area contributed by atoms with Crippen molar-refractivity contribution in [2.45, 2.75) is 38.3 Å². The van der Waals surface area contributed by atoms with Crippen molar-refractivity contribution in [1.29, 1.82) is 0 Å². The molecular weight excluding hydrogens is 290 g/mol. The maximum atomic E-state index is 12.6. The van der Waals surface area contributed by atoms with Gasteiger partial charge in [-0.05, 0) is 30.9 Å². The predicted molar refractivity (Wildman–Crippen MR) is 87.9 cm³/mol. The summed E-state index contributed by atoms with van der Waals surface area (Å²) in [5, 5.41) is 14.4. The van der Waals surface area contributed by atoms with Crippen LogP contribution in [-0.4, -0.2) is 44.4 Å². The molecule has 1 aliphatic heterocycles. The Bertz CT molecular complexity index is 678. The van der Waals surface area contributed by atoms with Crippen LogP contribution in [0.4, 0.5) is 0 Å². The van der Waals surface area contributed by atoms with Crippen molar-refractivity contribution in [3.05, 3.63) is 53.3 Å². The number of amides is 1. The molecule has 2 heterocycles. The third kappa shape index (κ3) is 3.62. The molecule has 1 amide bonds. The van der Waals surface area contributed by atoms with Crippen LogP contribution in [0.5, 0.6) is 0 Å². The van der Waals surface area contributed by atoms with E-state index in [1.807, 2.05) is 49.3 Å². The number of nitrogens with zero attached hydrogens (tertiary/aromatic N) is 3. The van der Waals surface area contributed by atoms with E-state index in [1.54, 1.807) is 10.9 Å². The average Bonchev–Trinajstić information content (AvgIpc) is 3.09. The van der Waals surface area contributed by atoms with Gasteiger partial charge in [-0.1, -0.05) is 29.8 Å². The van der Waals surface area contributed by atoms with Gasteiger partial charge in [0.25, 0.3) is 0 Å². The lowest BCUT2D eigenvalue weighted by Gasteiger charge is -2.26. The molecule has 2 atom stereocenters. The molecule has 0 radical (unpaired) electrons. The molecule has 0 unspecified atom stereocenters. The van der Waals surface area contributed by atoms with Gasteiger partial charge in [0.05, 0.1) is 24.8 Å². The molecule has 0 saturated carbocycles. The highest BCUT2D eigenvalue weighted by Gasteiger charge is 2.35. The number of rotatable bonds is 4. The van der Waals surface area contributed by atoms with Gasteiger partial charge in [0, 0.05) is 19.8 Å². The Morgan fingerprint density at radius 1 is 1.30 bits per heavy atom. The van der Waals surface area contributed by atoms with Gasteiger partial charge in [-0.2, -0.15) is 5.10 Å². The number of aliphatic hydroxyl groups excluding tert-OH is 1. The molecule has 0 bridgehead atoms. The molecule has 0 spiro atoms. The van der Waals surface area contributed by atoms with E-state index in [-0.39, 0.29) is 11.9 Å². The minimum Gasteiger partial charge on any atom is -0.391 e. The standard InChI is InChI=1S/C18H23N3O2/c1-13-3-5-14(6-4-13)10-18(23)21-8-7-17(22)16(21)9-15-11-19-20(2)12-15/h3-6,11-12,16-17,22H,7-10H2,1-2H3/t16-,17+/m1/s1. The Labute approximate surface area is 136 Å². The molecule has 23 heavy (non-hydrogen) atoms. The lowest BCUT2D eigenvalue weighted by Crippen LogP contribution is -2.41. The summed E-state index contributed by atoms with van der Waals surface area (Å²) in [6, 6.07) is 7.88. The maximum Gasteiger partial charge on any atom is 0.227 e. The van der Waals surface area contributed by atoms with E-state index in [4.69, 9.17) is 0 Å². The van der Waals surface area contributed by atoms with Crippen molar-refractivity contribution in [2.24, 2.45) is 7.05 Å². The SMILES string of the molecule is Cc1ccc(CC(=O)N2CC[C@H](O)[C@H]2Cc2cnn(C)c2)cc1. The number of aryl methyl sites for hydroxylation is 2. The fourth-order valence-electron chi connectivity index (χ4n) is 3.19. The molecular formula is C18H23N3O2. The summed E-state index contributed by atoms with van der Waals surface area (Å²) in [4.78, 5) is 14.5. The fourth-order valence-corrected chi connectivity index (χ4v) is 3.19. The van der Waals surface area contributed by atoms with Crippen molar-refractivity contribution < 1.29 is 9.90 Å². The Kier molecular flexibility index (Phi) is 4.48. The summed E-state index contributed by atoms with van der Waals surface area (Å²) in [7, 11) is 1.87. The molecule has 1 fully saturated rings. The van der Waals surface area contributed by atoms with Gasteiger partial charge in [-0.25, -0.2) is 0 Å². The highest BCUT2D eigenvalue weighted by atomic mass is 16.3. The largest absolute Gasteiger partial charge is 0.391 e. The van der Waals surface area contributed by atoms with Crippen LogP contribution in [0.15, 0.2) is 36.7 Å². The van der Waals surface area contributed by atoms with Gasteiger partial charge in [0.15, 0.2) is 0 Å². The van der Waals surface area contributed by atoms with Crippen LogP contribution < -0.4 is 0 Å². The first-order chi connectivity index (χ1) is 11.0. The molecule has 1 N–H and O–H groups in total. The number of carbonyl (C=O) groups is 1. The molecule has 122 valence electrons. The Morgan fingerprint density at radius 3 is 2.70 bits per heavy atom. The summed E-state index contributed by atoms with van der Waals surface area (Å²) in [6.07, 6.45) is 4.95. The zero-order valence-electron chi connectivity index (χ0n) is 13.6. The number of likely N-dealkylation sites (tertiary alicyclic amines) is 1. The van der Waals surface area contributed by atoms with E-state index in [0.29, 0.717) is 25.8 Å². The summed E-state index contributed by atoms with van der Waals surface area (Å²) in [5.74, 6) is 0.0827. The molecule has 1 saturated heterocycles. The number of hydrogen-bond acceptors (Lipinski definition) is 3. The van der Waals surface area contributed by atoms with E-state index >= 15 is 0 Å². The lowest BCUT2D eigenvalue weighted by molar-refractivity contribution is -0.132. The van der Waals surface area contributed by atoms with E-state index in [2.05, 4.69) is 5.10 Å². The third-order valence-electron chi connectivity index (χ3n) is 4.51. The Hall–Kier alpha value is -2.14. The van der Waals surface area contributed by atoms with Gasteiger partial charge in [0.1, 0.15) is 0 Å². The van der Waals surface area contributed by atoms with Crippen LogP contribution in [-0.2, 0) is 24.7 Å². The first kappa shape index (κ1) is 15.7. The minimum absolute atomic E-state index is 0.0827. The van der Waals surface area contributed by atoms with Crippen molar-refractivity contribution in [3.8, 4) is 0 Å². The zero-order valence-corrected chi connectivity index (χ0v) is 13.6. The molecule has 1 aromatic heterocycles. The van der Waals surface area contributed by atoms with Crippen LogP contribution in [0.2, 0.25) is 0 Å². The van der Waals surface area contributed by atoms with Crippen molar-refractivity contribution in [2.75, 3.05) is 6.54 Å². The smallest absolute Gasteiger partial charge is 0.227 e. The van der Waals surface area contributed by atoms with Crippen LogP contribution in [0.25, 0.3) is 0 Å². The Morgan fingerprint density at radius 2 is 2.04 bits per heavy atom. The number of hydrogen-bond donors (Lipinski definition) is 1. The van der Waals surface area contributed by atoms with E-state index in [9.17, 15) is 9.90 Å². The second-order valence-corrected chi connectivity index (χ2v) is 6.40. The van der Waals surface area contributed by atoms with Gasteiger partial charge in [0.2, 0.25) is 5.91 Å². The summed E-state index contributed by atoms with van der Waals surface area (Å²) in [6.45, 7) is 2.66. The fraction of sp³-hybridized carbons (Fsp3) is 0.444. The monoisotopic (exact) mass is 313 g/mol. The molecule has 0 aliphatic carbocycles. The van der Waals surface area contributed by atoms with Gasteiger partial charge in [-0.15, -0.1) is 0 Å². The quantitative estimate of drug-likeness (QED) is 0.930. The topological polar surface area (TPSA) is 58.4 Å². The summed E-state index contributed by atoms with van der Waals surface area (Å²) >= 11 is 0. The number of carbonyl (C=O) groups excluding carboxylic acids is 1. The van der Waals surface area contributed by atoms with Crippen LogP contribution in [0.1, 0.15) is 23.1 Å². The highest BCUT2D eigenvalue weighted by molar-refractivity contribution is 5.79. The summed E-state index contributed by atoms with van der Waals surface area (Å²) < 4.78 is 1.75. The second-order valence-electron chi connectivity index (χ2n) is 6.40. The second kappa shape index (κ2) is 6.54. The molecule has 2 aromatic rings. The van der Waals surface area contributed by atoms with Crippen LogP contribution in [0.3, 0.4) is 0 Å². The highest BCUT2D eigenvalue weighted by Crippen LogP contribution is 2.23. The molecule has 1 aliphatic rings. The zero-order chi connectivity index (χ0) is 16.4. The first-order valence-electron chi connectivity index (χ1n) is 8.03. The normalized spacial score (nSPS) is 20.9.